The molecule has 3 aromatic rings. The first-order chi connectivity index (χ1) is 9.25. The summed E-state index contributed by atoms with van der Waals surface area (Å²) in [5.41, 5.74) is 4.93. The number of aromatic hydroxyl groups is 1. The molecule has 0 bridgehead atoms. The monoisotopic (exact) mass is 269 g/mol. The number of nitrogens with zero attached hydrogens (tertiary/aromatic N) is 2. The van der Waals surface area contributed by atoms with E-state index in [1.807, 2.05) is 6.92 Å². The number of hydrogen-bond acceptors (Lipinski definition) is 3. The van der Waals surface area contributed by atoms with E-state index >= 15 is 0 Å². The van der Waals surface area contributed by atoms with Gasteiger partial charge in [0.2, 0.25) is 0 Å². The van der Waals surface area contributed by atoms with E-state index in [0.29, 0.717) is 5.88 Å². The summed E-state index contributed by atoms with van der Waals surface area (Å²) in [4.78, 5) is 6.63. The lowest BCUT2D eigenvalue weighted by Crippen LogP contribution is -2.23. The van der Waals surface area contributed by atoms with E-state index in [-0.39, 0.29) is 0 Å². The number of fused-ring (bicyclic) bond motifs is 5. The van der Waals surface area contributed by atoms with E-state index in [9.17, 15) is 5.11 Å². The van der Waals surface area contributed by atoms with Crippen LogP contribution in [0.3, 0.4) is 0 Å². The van der Waals surface area contributed by atoms with Crippen LogP contribution < -0.4 is 4.40 Å². The quantitative estimate of drug-likeness (QED) is 0.637. The van der Waals surface area contributed by atoms with Crippen molar-refractivity contribution < 1.29 is 9.51 Å². The molecule has 1 aliphatic rings. The SMILES string of the molecule is Cc1sc2c3c(nc[n+]2c1O)-c1ccccc1CC3. The first kappa shape index (κ1) is 10.9. The van der Waals surface area contributed by atoms with Gasteiger partial charge in [-0.2, -0.15) is 4.40 Å². The molecular formula is C15H13N2OS+. The van der Waals surface area contributed by atoms with Crippen LogP contribution in [-0.2, 0) is 12.8 Å². The van der Waals surface area contributed by atoms with Crippen LogP contribution in [-0.4, -0.2) is 10.1 Å². The lowest BCUT2D eigenvalue weighted by Gasteiger charge is -2.14. The summed E-state index contributed by atoms with van der Waals surface area (Å²) in [5, 5.41) is 10.0. The minimum atomic E-state index is 0.314. The van der Waals surface area contributed by atoms with Crippen LogP contribution in [0.5, 0.6) is 5.88 Å². The van der Waals surface area contributed by atoms with Crippen molar-refractivity contribution in [1.29, 1.82) is 0 Å². The van der Waals surface area contributed by atoms with Crippen molar-refractivity contribution in [2.75, 3.05) is 0 Å². The van der Waals surface area contributed by atoms with Gasteiger partial charge in [-0.05, 0) is 30.3 Å². The summed E-state index contributed by atoms with van der Waals surface area (Å²) >= 11 is 1.64. The van der Waals surface area contributed by atoms with Crippen LogP contribution >= 0.6 is 11.3 Å². The van der Waals surface area contributed by atoms with Gasteiger partial charge in [0.05, 0.1) is 10.4 Å². The highest BCUT2D eigenvalue weighted by Crippen LogP contribution is 2.35. The fraction of sp³-hybridized carbons (Fsp3) is 0.200. The fourth-order valence-electron chi connectivity index (χ4n) is 2.80. The zero-order valence-electron chi connectivity index (χ0n) is 10.6. The summed E-state index contributed by atoms with van der Waals surface area (Å²) in [7, 11) is 0. The third-order valence-electron chi connectivity index (χ3n) is 3.77. The summed E-state index contributed by atoms with van der Waals surface area (Å²) in [6, 6.07) is 8.45. The lowest BCUT2D eigenvalue weighted by molar-refractivity contribution is -0.522. The Labute approximate surface area is 114 Å². The van der Waals surface area contributed by atoms with Gasteiger partial charge in [-0.15, -0.1) is 0 Å². The maximum absolute atomic E-state index is 10.0. The number of benzene rings is 1. The molecule has 0 fully saturated rings. The molecule has 0 saturated carbocycles. The second kappa shape index (κ2) is 3.78. The Hall–Kier alpha value is -1.94. The molecule has 2 heterocycles. The van der Waals surface area contributed by atoms with Crippen LogP contribution in [0.2, 0.25) is 0 Å². The molecule has 0 unspecified atom stereocenters. The molecule has 0 radical (unpaired) electrons. The van der Waals surface area contributed by atoms with Crippen molar-refractivity contribution in [2.45, 2.75) is 19.8 Å². The van der Waals surface area contributed by atoms with Gasteiger partial charge in [0.1, 0.15) is 0 Å². The van der Waals surface area contributed by atoms with Crippen molar-refractivity contribution in [1.82, 2.24) is 4.98 Å². The van der Waals surface area contributed by atoms with E-state index in [2.05, 4.69) is 29.2 Å². The van der Waals surface area contributed by atoms with E-state index < -0.39 is 0 Å². The molecule has 0 amide bonds. The molecule has 1 N–H and O–H groups in total. The first-order valence-corrected chi connectivity index (χ1v) is 7.17. The predicted octanol–water partition coefficient (Wildman–Crippen LogP) is 2.66. The summed E-state index contributed by atoms with van der Waals surface area (Å²) in [6.07, 6.45) is 3.76. The Morgan fingerprint density at radius 1 is 1.26 bits per heavy atom. The van der Waals surface area contributed by atoms with Gasteiger partial charge in [-0.25, -0.2) is 0 Å². The largest absolute Gasteiger partial charge is 0.477 e. The molecule has 1 aliphatic carbocycles. The van der Waals surface area contributed by atoms with Crippen LogP contribution in [0.15, 0.2) is 30.6 Å². The van der Waals surface area contributed by atoms with Crippen molar-refractivity contribution in [3.63, 3.8) is 0 Å². The number of hydrogen-bond donors (Lipinski definition) is 1. The maximum atomic E-state index is 10.0. The Morgan fingerprint density at radius 3 is 3.00 bits per heavy atom. The number of rotatable bonds is 0. The summed E-state index contributed by atoms with van der Waals surface area (Å²) < 4.78 is 1.80. The van der Waals surface area contributed by atoms with Gasteiger partial charge >= 0.3 is 5.88 Å². The normalized spacial score (nSPS) is 13.3. The highest BCUT2D eigenvalue weighted by Gasteiger charge is 2.27. The van der Waals surface area contributed by atoms with E-state index in [1.54, 1.807) is 22.1 Å². The smallest absolute Gasteiger partial charge is 0.300 e. The van der Waals surface area contributed by atoms with E-state index in [4.69, 9.17) is 0 Å². The third kappa shape index (κ3) is 1.43. The molecule has 0 spiro atoms. The first-order valence-electron chi connectivity index (χ1n) is 6.35. The molecule has 4 heteroatoms. The van der Waals surface area contributed by atoms with Crippen LogP contribution in [0.1, 0.15) is 16.0 Å². The average Bonchev–Trinajstić information content (AvgIpc) is 2.74. The van der Waals surface area contributed by atoms with Gasteiger partial charge in [0.25, 0.3) is 6.33 Å². The second-order valence-corrected chi connectivity index (χ2v) is 6.09. The van der Waals surface area contributed by atoms with Crippen molar-refractivity contribution >= 4 is 16.2 Å². The number of thiazole rings is 1. The maximum Gasteiger partial charge on any atom is 0.300 e. The zero-order chi connectivity index (χ0) is 13.0. The van der Waals surface area contributed by atoms with Crippen LogP contribution in [0.4, 0.5) is 0 Å². The van der Waals surface area contributed by atoms with Crippen molar-refractivity contribution in [2.24, 2.45) is 0 Å². The number of aromatic nitrogens is 2. The van der Waals surface area contributed by atoms with E-state index in [1.165, 1.54) is 16.7 Å². The third-order valence-corrected chi connectivity index (χ3v) is 4.90. The van der Waals surface area contributed by atoms with E-state index in [0.717, 1.165) is 28.2 Å². The van der Waals surface area contributed by atoms with Crippen molar-refractivity contribution in [3.05, 3.63) is 46.6 Å². The Balaban J connectivity index is 2.09. The molecule has 0 aliphatic heterocycles. The van der Waals surface area contributed by atoms with Crippen LogP contribution in [0.25, 0.3) is 16.1 Å². The second-order valence-electron chi connectivity index (χ2n) is 4.89. The van der Waals surface area contributed by atoms with Crippen molar-refractivity contribution in [3.8, 4) is 17.1 Å². The average molecular weight is 269 g/mol. The zero-order valence-corrected chi connectivity index (χ0v) is 11.4. The lowest BCUT2D eigenvalue weighted by atomic mass is 9.90. The minimum absolute atomic E-state index is 0.314. The van der Waals surface area contributed by atoms with Crippen LogP contribution in [0, 0.1) is 6.92 Å². The minimum Gasteiger partial charge on any atom is -0.477 e. The Kier molecular flexibility index (Phi) is 2.17. The molecule has 19 heavy (non-hydrogen) atoms. The molecule has 94 valence electrons. The highest BCUT2D eigenvalue weighted by atomic mass is 32.1. The predicted molar refractivity (Wildman–Crippen MR) is 74.5 cm³/mol. The van der Waals surface area contributed by atoms with Gasteiger partial charge < -0.3 is 5.11 Å². The van der Waals surface area contributed by atoms with Gasteiger partial charge in [0, 0.05) is 5.56 Å². The van der Waals surface area contributed by atoms with Gasteiger partial charge in [-0.1, -0.05) is 35.6 Å². The Morgan fingerprint density at radius 2 is 2.11 bits per heavy atom. The highest BCUT2D eigenvalue weighted by molar-refractivity contribution is 7.17. The molecule has 3 nitrogen and oxygen atoms in total. The number of aryl methyl sites for hydroxylation is 3. The van der Waals surface area contributed by atoms with Gasteiger partial charge in [0.15, 0.2) is 10.5 Å². The Bertz CT molecular complexity index is 807. The molecule has 4 rings (SSSR count). The molecule has 1 aromatic carbocycles. The fourth-order valence-corrected chi connectivity index (χ4v) is 3.83. The molecule has 2 aromatic heterocycles. The molecular weight excluding hydrogens is 256 g/mol. The summed E-state index contributed by atoms with van der Waals surface area (Å²) in [5.74, 6) is 0.314. The van der Waals surface area contributed by atoms with Gasteiger partial charge in [-0.3, -0.25) is 0 Å². The summed E-state index contributed by atoms with van der Waals surface area (Å²) in [6.45, 7) is 1.94. The molecule has 0 atom stereocenters. The standard InChI is InChI=1S/C15H12N2OS/c1-9-14(18)17-8-16-13-11-5-3-2-4-10(11)6-7-12(13)15(17)19-9/h2-5,8H,6-7H2,1H3/p+1. The topological polar surface area (TPSA) is 37.2 Å². The molecule has 0 saturated heterocycles.